The molecule has 0 radical (unpaired) electrons. The fourth-order valence-corrected chi connectivity index (χ4v) is 4.19. The van der Waals surface area contributed by atoms with Crippen LogP contribution in [0.4, 0.5) is 5.69 Å². The lowest BCUT2D eigenvalue weighted by molar-refractivity contribution is -0.117. The number of rotatable bonds is 4. The molecule has 1 aromatic heterocycles. The topological polar surface area (TPSA) is 38.1 Å². The Bertz CT molecular complexity index is 952. The number of fused-ring (bicyclic) bond motifs is 1. The molecule has 1 aliphatic rings. The molecule has 2 heterocycles. The molecule has 0 bridgehead atoms. The second kappa shape index (κ2) is 6.60. The number of amides is 1. The van der Waals surface area contributed by atoms with Crippen LogP contribution in [0.1, 0.15) is 42.6 Å². The lowest BCUT2D eigenvalue weighted by atomic mass is 10.1. The third kappa shape index (κ3) is 2.70. The predicted octanol–water partition coefficient (Wildman–Crippen LogP) is 4.58. The van der Waals surface area contributed by atoms with Crippen molar-refractivity contribution in [2.45, 2.75) is 46.1 Å². The van der Waals surface area contributed by atoms with Crippen LogP contribution in [-0.2, 0) is 11.3 Å². The quantitative estimate of drug-likeness (QED) is 0.693. The molecule has 4 rings (SSSR count). The predicted molar refractivity (Wildman–Crippen MR) is 106 cm³/mol. The van der Waals surface area contributed by atoms with Gasteiger partial charge in [0.05, 0.1) is 11.0 Å². The Morgan fingerprint density at radius 2 is 1.81 bits per heavy atom. The first-order chi connectivity index (χ1) is 12.6. The molecule has 0 N–H and O–H groups in total. The van der Waals surface area contributed by atoms with E-state index in [-0.39, 0.29) is 11.8 Å². The van der Waals surface area contributed by atoms with Crippen molar-refractivity contribution < 1.29 is 4.79 Å². The summed E-state index contributed by atoms with van der Waals surface area (Å²) in [6.45, 7) is 7.98. The molecule has 1 saturated heterocycles. The molecule has 1 aliphatic heterocycles. The second-order valence-corrected chi connectivity index (χ2v) is 7.26. The van der Waals surface area contributed by atoms with Crippen LogP contribution in [0.2, 0.25) is 0 Å². The highest BCUT2D eigenvalue weighted by Gasteiger charge is 2.35. The summed E-state index contributed by atoms with van der Waals surface area (Å²) in [5, 5.41) is 0. The standard InChI is InChI=1S/C22H25N3O/c1-4-12-24-19-11-6-5-10-18(19)23-22(24)17-13-20(26)25(14-17)21-15(2)8-7-9-16(21)3/h5-11,17H,4,12-14H2,1-3H3/t17-/m1/s1. The number of aryl methyl sites for hydroxylation is 3. The molecule has 0 unspecified atom stereocenters. The van der Waals surface area contributed by atoms with Gasteiger partial charge >= 0.3 is 0 Å². The van der Waals surface area contributed by atoms with Crippen molar-refractivity contribution in [1.82, 2.24) is 9.55 Å². The maximum Gasteiger partial charge on any atom is 0.227 e. The van der Waals surface area contributed by atoms with Gasteiger partial charge in [0.2, 0.25) is 5.91 Å². The Hall–Kier alpha value is -2.62. The lowest BCUT2D eigenvalue weighted by Crippen LogP contribution is -2.26. The van der Waals surface area contributed by atoms with E-state index >= 15 is 0 Å². The van der Waals surface area contributed by atoms with Crippen molar-refractivity contribution in [1.29, 1.82) is 0 Å². The molecule has 4 nitrogen and oxygen atoms in total. The van der Waals surface area contributed by atoms with Crippen molar-refractivity contribution >= 4 is 22.6 Å². The summed E-state index contributed by atoms with van der Waals surface area (Å²) in [5.41, 5.74) is 5.57. The Labute approximate surface area is 154 Å². The van der Waals surface area contributed by atoms with Gasteiger partial charge in [0.1, 0.15) is 5.82 Å². The molecule has 0 spiro atoms. The SMILES string of the molecule is CCCn1c([C@@H]2CC(=O)N(c3c(C)cccc3C)C2)nc2ccccc21. The molecular weight excluding hydrogens is 322 g/mol. The molecule has 1 amide bonds. The van der Waals surface area contributed by atoms with Crippen LogP contribution in [0, 0.1) is 13.8 Å². The first-order valence-corrected chi connectivity index (χ1v) is 9.42. The van der Waals surface area contributed by atoms with Crippen LogP contribution >= 0.6 is 0 Å². The van der Waals surface area contributed by atoms with Gasteiger partial charge in [-0.1, -0.05) is 37.3 Å². The maximum atomic E-state index is 12.8. The van der Waals surface area contributed by atoms with Gasteiger partial charge in [-0.25, -0.2) is 4.98 Å². The zero-order valence-electron chi connectivity index (χ0n) is 15.7. The number of imidazole rings is 1. The molecular formula is C22H25N3O. The highest BCUT2D eigenvalue weighted by atomic mass is 16.2. The zero-order valence-corrected chi connectivity index (χ0v) is 15.7. The van der Waals surface area contributed by atoms with Gasteiger partial charge < -0.3 is 9.47 Å². The van der Waals surface area contributed by atoms with Crippen molar-refractivity contribution in [2.75, 3.05) is 11.4 Å². The van der Waals surface area contributed by atoms with E-state index in [4.69, 9.17) is 4.98 Å². The van der Waals surface area contributed by atoms with Crippen LogP contribution in [0.5, 0.6) is 0 Å². The monoisotopic (exact) mass is 347 g/mol. The Kier molecular flexibility index (Phi) is 4.27. The molecule has 1 atom stereocenters. The first-order valence-electron chi connectivity index (χ1n) is 9.42. The second-order valence-electron chi connectivity index (χ2n) is 7.26. The fourth-order valence-electron chi connectivity index (χ4n) is 4.19. The van der Waals surface area contributed by atoms with Crippen LogP contribution in [-0.4, -0.2) is 22.0 Å². The van der Waals surface area contributed by atoms with Gasteiger partial charge in [-0.2, -0.15) is 0 Å². The van der Waals surface area contributed by atoms with Gasteiger partial charge in [0, 0.05) is 31.1 Å². The third-order valence-corrected chi connectivity index (χ3v) is 5.33. The van der Waals surface area contributed by atoms with Gasteiger partial charge in [0.25, 0.3) is 0 Å². The Morgan fingerprint density at radius 3 is 2.54 bits per heavy atom. The molecule has 1 fully saturated rings. The number of aromatic nitrogens is 2. The summed E-state index contributed by atoms with van der Waals surface area (Å²) in [6.07, 6.45) is 1.58. The van der Waals surface area contributed by atoms with E-state index < -0.39 is 0 Å². The summed E-state index contributed by atoms with van der Waals surface area (Å²) in [5.74, 6) is 1.39. The average molecular weight is 347 g/mol. The summed E-state index contributed by atoms with van der Waals surface area (Å²) in [4.78, 5) is 19.7. The lowest BCUT2D eigenvalue weighted by Gasteiger charge is -2.21. The third-order valence-electron chi connectivity index (χ3n) is 5.33. The van der Waals surface area contributed by atoms with E-state index in [1.807, 2.05) is 17.0 Å². The van der Waals surface area contributed by atoms with E-state index in [0.717, 1.165) is 41.1 Å². The highest BCUT2D eigenvalue weighted by molar-refractivity contribution is 5.98. The van der Waals surface area contributed by atoms with Crippen molar-refractivity contribution in [3.63, 3.8) is 0 Å². The fraction of sp³-hybridized carbons (Fsp3) is 0.364. The van der Waals surface area contributed by atoms with Crippen molar-refractivity contribution in [3.05, 3.63) is 59.4 Å². The Balaban J connectivity index is 1.74. The van der Waals surface area contributed by atoms with Gasteiger partial charge in [-0.3, -0.25) is 4.79 Å². The van der Waals surface area contributed by atoms with E-state index in [9.17, 15) is 4.79 Å². The smallest absolute Gasteiger partial charge is 0.227 e. The molecule has 0 saturated carbocycles. The number of nitrogens with zero attached hydrogens (tertiary/aromatic N) is 3. The Morgan fingerprint density at radius 1 is 1.08 bits per heavy atom. The number of hydrogen-bond acceptors (Lipinski definition) is 2. The van der Waals surface area contributed by atoms with Crippen LogP contribution in [0.3, 0.4) is 0 Å². The minimum absolute atomic E-state index is 0.139. The van der Waals surface area contributed by atoms with Gasteiger partial charge in [0.15, 0.2) is 0 Å². The molecule has 134 valence electrons. The summed E-state index contributed by atoms with van der Waals surface area (Å²) < 4.78 is 2.31. The number of anilines is 1. The first kappa shape index (κ1) is 16.8. The number of carbonyl (C=O) groups is 1. The van der Waals surface area contributed by atoms with E-state index in [2.05, 4.69) is 55.7 Å². The minimum atomic E-state index is 0.139. The maximum absolute atomic E-state index is 12.8. The highest BCUT2D eigenvalue weighted by Crippen LogP contribution is 2.36. The summed E-state index contributed by atoms with van der Waals surface area (Å²) >= 11 is 0. The van der Waals surface area contributed by atoms with Gasteiger partial charge in [-0.15, -0.1) is 0 Å². The van der Waals surface area contributed by atoms with Crippen molar-refractivity contribution in [3.8, 4) is 0 Å². The van der Waals surface area contributed by atoms with Crippen LogP contribution in [0.25, 0.3) is 11.0 Å². The normalized spacial score (nSPS) is 17.4. The number of carbonyl (C=O) groups excluding carboxylic acids is 1. The average Bonchev–Trinajstić information content (AvgIpc) is 3.17. The van der Waals surface area contributed by atoms with E-state index in [0.29, 0.717) is 13.0 Å². The number of para-hydroxylation sites is 3. The van der Waals surface area contributed by atoms with Gasteiger partial charge in [-0.05, 0) is 43.5 Å². The number of benzene rings is 2. The molecule has 3 aromatic rings. The van der Waals surface area contributed by atoms with Crippen molar-refractivity contribution in [2.24, 2.45) is 0 Å². The van der Waals surface area contributed by atoms with Crippen LogP contribution in [0.15, 0.2) is 42.5 Å². The van der Waals surface area contributed by atoms with E-state index in [1.165, 1.54) is 5.52 Å². The summed E-state index contributed by atoms with van der Waals surface area (Å²) in [7, 11) is 0. The number of hydrogen-bond donors (Lipinski definition) is 0. The van der Waals surface area contributed by atoms with E-state index in [1.54, 1.807) is 0 Å². The molecule has 2 aromatic carbocycles. The minimum Gasteiger partial charge on any atom is -0.328 e. The molecule has 0 aliphatic carbocycles. The molecule has 4 heteroatoms. The summed E-state index contributed by atoms with van der Waals surface area (Å²) in [6, 6.07) is 14.5. The van der Waals surface area contributed by atoms with Crippen LogP contribution < -0.4 is 4.90 Å². The molecule has 26 heavy (non-hydrogen) atoms. The largest absolute Gasteiger partial charge is 0.328 e. The zero-order chi connectivity index (χ0) is 18.3.